The third-order valence-electron chi connectivity index (χ3n) is 3.49. The van der Waals surface area contributed by atoms with Gasteiger partial charge in [0.1, 0.15) is 5.69 Å². The van der Waals surface area contributed by atoms with Crippen LogP contribution in [-0.2, 0) is 6.54 Å². The molecule has 0 amide bonds. The van der Waals surface area contributed by atoms with Gasteiger partial charge in [0.15, 0.2) is 0 Å². The van der Waals surface area contributed by atoms with Crippen LogP contribution < -0.4 is 0 Å². The Morgan fingerprint density at radius 3 is 2.32 bits per heavy atom. The van der Waals surface area contributed by atoms with E-state index >= 15 is 0 Å². The fraction of sp³-hybridized carbons (Fsp3) is 0.0556. The van der Waals surface area contributed by atoms with Gasteiger partial charge >= 0.3 is 5.97 Å². The van der Waals surface area contributed by atoms with Gasteiger partial charge in [-0.25, -0.2) is 4.79 Å². The molecule has 0 radical (unpaired) electrons. The van der Waals surface area contributed by atoms with Gasteiger partial charge in [0.05, 0.1) is 0 Å². The largest absolute Gasteiger partial charge is 0.477 e. The molecule has 1 heterocycles. The van der Waals surface area contributed by atoms with Crippen LogP contribution in [0, 0.1) is 0 Å². The van der Waals surface area contributed by atoms with E-state index in [2.05, 4.69) is 0 Å². The molecule has 3 nitrogen and oxygen atoms in total. The molecule has 0 saturated heterocycles. The number of aromatic nitrogens is 1. The summed E-state index contributed by atoms with van der Waals surface area (Å²) in [7, 11) is 0. The van der Waals surface area contributed by atoms with Crippen molar-refractivity contribution in [1.82, 2.24) is 4.57 Å². The van der Waals surface area contributed by atoms with E-state index in [1.807, 2.05) is 48.7 Å². The topological polar surface area (TPSA) is 42.2 Å². The van der Waals surface area contributed by atoms with Gasteiger partial charge in [-0.3, -0.25) is 0 Å². The number of carboxylic acids is 1. The number of carbonyl (C=O) groups is 1. The molecule has 0 bridgehead atoms. The van der Waals surface area contributed by atoms with E-state index in [0.717, 1.165) is 16.7 Å². The lowest BCUT2D eigenvalue weighted by Crippen LogP contribution is -2.08. The minimum Gasteiger partial charge on any atom is -0.477 e. The number of nitrogens with zero attached hydrogens (tertiary/aromatic N) is 1. The first kappa shape index (κ1) is 14.4. The first-order valence-electron chi connectivity index (χ1n) is 6.87. The number of hydrogen-bond acceptors (Lipinski definition) is 1. The number of benzene rings is 2. The molecule has 1 N–H and O–H groups in total. The molecule has 1 aromatic heterocycles. The van der Waals surface area contributed by atoms with Gasteiger partial charge in [-0.05, 0) is 29.3 Å². The van der Waals surface area contributed by atoms with Gasteiger partial charge in [0, 0.05) is 23.3 Å². The average molecular weight is 312 g/mol. The molecular weight excluding hydrogens is 298 g/mol. The molecule has 2 aromatic carbocycles. The number of carboxylic acid groups (broad SMARTS) is 1. The zero-order valence-electron chi connectivity index (χ0n) is 11.7. The summed E-state index contributed by atoms with van der Waals surface area (Å²) >= 11 is 5.88. The zero-order chi connectivity index (χ0) is 15.5. The van der Waals surface area contributed by atoms with Crippen molar-refractivity contribution >= 4 is 17.6 Å². The summed E-state index contributed by atoms with van der Waals surface area (Å²) in [4.78, 5) is 11.5. The predicted octanol–water partition coefficient (Wildman–Crippen LogP) is 4.56. The molecule has 0 atom stereocenters. The van der Waals surface area contributed by atoms with Crippen molar-refractivity contribution in [3.63, 3.8) is 0 Å². The van der Waals surface area contributed by atoms with E-state index in [-0.39, 0.29) is 5.69 Å². The van der Waals surface area contributed by atoms with Crippen molar-refractivity contribution in [3.8, 4) is 11.1 Å². The maximum Gasteiger partial charge on any atom is 0.352 e. The van der Waals surface area contributed by atoms with Crippen LogP contribution in [-0.4, -0.2) is 15.6 Å². The highest BCUT2D eigenvalue weighted by molar-refractivity contribution is 6.30. The van der Waals surface area contributed by atoms with Crippen molar-refractivity contribution < 1.29 is 9.90 Å². The lowest BCUT2D eigenvalue weighted by atomic mass is 10.1. The lowest BCUT2D eigenvalue weighted by Gasteiger charge is -2.06. The molecule has 22 heavy (non-hydrogen) atoms. The Morgan fingerprint density at radius 2 is 1.68 bits per heavy atom. The molecule has 0 aliphatic carbocycles. The number of hydrogen-bond donors (Lipinski definition) is 1. The molecule has 4 heteroatoms. The highest BCUT2D eigenvalue weighted by Crippen LogP contribution is 2.23. The van der Waals surface area contributed by atoms with Crippen molar-refractivity contribution in [1.29, 1.82) is 0 Å². The van der Waals surface area contributed by atoms with Gasteiger partial charge in [0.2, 0.25) is 0 Å². The Balaban J connectivity index is 1.97. The van der Waals surface area contributed by atoms with Crippen LogP contribution in [0.4, 0.5) is 0 Å². The third-order valence-corrected chi connectivity index (χ3v) is 3.74. The van der Waals surface area contributed by atoms with E-state index in [4.69, 9.17) is 11.6 Å². The molecule has 3 rings (SSSR count). The lowest BCUT2D eigenvalue weighted by molar-refractivity contribution is 0.0685. The summed E-state index contributed by atoms with van der Waals surface area (Å²) in [5.41, 5.74) is 3.17. The van der Waals surface area contributed by atoms with Crippen molar-refractivity contribution in [2.45, 2.75) is 6.54 Å². The van der Waals surface area contributed by atoms with Gasteiger partial charge in [-0.2, -0.15) is 0 Å². The first-order valence-corrected chi connectivity index (χ1v) is 7.24. The average Bonchev–Trinajstić information content (AvgIpc) is 2.95. The minimum absolute atomic E-state index is 0.272. The fourth-order valence-corrected chi connectivity index (χ4v) is 2.52. The van der Waals surface area contributed by atoms with Gasteiger partial charge in [0.25, 0.3) is 0 Å². The van der Waals surface area contributed by atoms with E-state index in [1.54, 1.807) is 22.8 Å². The summed E-state index contributed by atoms with van der Waals surface area (Å²) < 4.78 is 1.74. The second-order valence-corrected chi connectivity index (χ2v) is 5.48. The molecule has 110 valence electrons. The highest BCUT2D eigenvalue weighted by atomic mass is 35.5. The fourth-order valence-electron chi connectivity index (χ4n) is 2.40. The predicted molar refractivity (Wildman–Crippen MR) is 87.4 cm³/mol. The molecule has 0 fully saturated rings. The quantitative estimate of drug-likeness (QED) is 0.767. The molecule has 0 unspecified atom stereocenters. The summed E-state index contributed by atoms with van der Waals surface area (Å²) in [6, 6.07) is 18.9. The SMILES string of the molecule is O=C(O)c1cc(-c2ccccc2)cn1Cc1ccc(Cl)cc1. The molecule has 0 saturated carbocycles. The van der Waals surface area contributed by atoms with E-state index < -0.39 is 5.97 Å². The maximum absolute atomic E-state index is 11.5. The Bertz CT molecular complexity index is 792. The van der Waals surface area contributed by atoms with Crippen LogP contribution in [0.2, 0.25) is 5.02 Å². The zero-order valence-corrected chi connectivity index (χ0v) is 12.5. The molecule has 3 aromatic rings. The summed E-state index contributed by atoms with van der Waals surface area (Å²) in [5, 5.41) is 10.1. The van der Waals surface area contributed by atoms with Crippen molar-refractivity contribution in [2.75, 3.05) is 0 Å². The van der Waals surface area contributed by atoms with Crippen LogP contribution in [0.3, 0.4) is 0 Å². The number of halogens is 1. The minimum atomic E-state index is -0.934. The van der Waals surface area contributed by atoms with Gasteiger partial charge in [-0.15, -0.1) is 0 Å². The number of rotatable bonds is 4. The highest BCUT2D eigenvalue weighted by Gasteiger charge is 2.13. The summed E-state index contributed by atoms with van der Waals surface area (Å²) in [6.07, 6.45) is 1.87. The third kappa shape index (κ3) is 3.05. The monoisotopic (exact) mass is 311 g/mol. The second-order valence-electron chi connectivity index (χ2n) is 5.04. The maximum atomic E-state index is 11.5. The van der Waals surface area contributed by atoms with Gasteiger partial charge < -0.3 is 9.67 Å². The molecule has 0 spiro atoms. The van der Waals surface area contributed by atoms with Crippen LogP contribution >= 0.6 is 11.6 Å². The normalized spacial score (nSPS) is 10.6. The summed E-state index contributed by atoms with van der Waals surface area (Å²) in [5.74, 6) is -0.934. The molecular formula is C18H14ClNO2. The van der Waals surface area contributed by atoms with Crippen LogP contribution in [0.25, 0.3) is 11.1 Å². The van der Waals surface area contributed by atoms with Gasteiger partial charge in [-0.1, -0.05) is 54.1 Å². The van der Waals surface area contributed by atoms with Crippen molar-refractivity contribution in [2.24, 2.45) is 0 Å². The summed E-state index contributed by atoms with van der Waals surface area (Å²) in [6.45, 7) is 0.492. The Hall–Kier alpha value is -2.52. The smallest absolute Gasteiger partial charge is 0.352 e. The Kier molecular flexibility index (Phi) is 3.98. The Morgan fingerprint density at radius 1 is 1.00 bits per heavy atom. The van der Waals surface area contributed by atoms with Crippen LogP contribution in [0.5, 0.6) is 0 Å². The van der Waals surface area contributed by atoms with Crippen LogP contribution in [0.1, 0.15) is 16.1 Å². The van der Waals surface area contributed by atoms with E-state index in [0.29, 0.717) is 11.6 Å². The molecule has 0 aliphatic rings. The first-order chi connectivity index (χ1) is 10.6. The standard InChI is InChI=1S/C18H14ClNO2/c19-16-8-6-13(7-9-16)11-20-12-15(10-17(20)18(21)22)14-4-2-1-3-5-14/h1-10,12H,11H2,(H,21,22). The second kappa shape index (κ2) is 6.08. The number of aromatic carboxylic acids is 1. The van der Waals surface area contributed by atoms with Crippen LogP contribution in [0.15, 0.2) is 66.9 Å². The van der Waals surface area contributed by atoms with Crippen molar-refractivity contribution in [3.05, 3.63) is 83.1 Å². The molecule has 0 aliphatic heterocycles. The van der Waals surface area contributed by atoms with E-state index in [1.165, 1.54) is 0 Å². The van der Waals surface area contributed by atoms with E-state index in [9.17, 15) is 9.90 Å². The Labute approximate surface area is 133 Å².